The van der Waals surface area contributed by atoms with Crippen LogP contribution >= 0.6 is 11.3 Å². The fourth-order valence-electron chi connectivity index (χ4n) is 2.70. The van der Waals surface area contributed by atoms with Crippen LogP contribution in [0.15, 0.2) is 12.3 Å². The van der Waals surface area contributed by atoms with Crippen molar-refractivity contribution in [1.29, 1.82) is 0 Å². The van der Waals surface area contributed by atoms with Gasteiger partial charge in [-0.05, 0) is 33.8 Å². The van der Waals surface area contributed by atoms with Gasteiger partial charge in [-0.1, -0.05) is 11.3 Å². The number of aromatic nitrogens is 5. The Morgan fingerprint density at radius 2 is 1.85 bits per heavy atom. The van der Waals surface area contributed by atoms with E-state index in [9.17, 15) is 9.59 Å². The molecule has 0 fully saturated rings. The third kappa shape index (κ3) is 4.00. The van der Waals surface area contributed by atoms with Crippen LogP contribution in [-0.2, 0) is 11.2 Å². The van der Waals surface area contributed by atoms with Gasteiger partial charge in [0.05, 0.1) is 18.3 Å². The van der Waals surface area contributed by atoms with Crippen LogP contribution in [0.4, 0.5) is 5.13 Å². The minimum absolute atomic E-state index is 0.119. The first-order chi connectivity index (χ1) is 12.7. The van der Waals surface area contributed by atoms with Crippen molar-refractivity contribution in [2.75, 3.05) is 5.32 Å². The topological polar surface area (TPSA) is 129 Å². The monoisotopic (exact) mass is 385 g/mol. The maximum atomic E-state index is 12.4. The van der Waals surface area contributed by atoms with E-state index in [1.807, 2.05) is 33.8 Å². The van der Waals surface area contributed by atoms with Gasteiger partial charge in [-0.15, -0.1) is 0 Å². The summed E-state index contributed by atoms with van der Waals surface area (Å²) in [4.78, 5) is 36.6. The van der Waals surface area contributed by atoms with Crippen molar-refractivity contribution in [3.8, 4) is 5.95 Å². The molecule has 0 spiro atoms. The molecule has 0 aliphatic carbocycles. The van der Waals surface area contributed by atoms with E-state index in [1.54, 1.807) is 4.68 Å². The van der Waals surface area contributed by atoms with Crippen LogP contribution in [0.25, 0.3) is 5.95 Å². The average Bonchev–Trinajstić information content (AvgIpc) is 3.14. The number of primary amides is 1. The summed E-state index contributed by atoms with van der Waals surface area (Å²) in [6.07, 6.45) is 1.46. The van der Waals surface area contributed by atoms with Crippen LogP contribution in [0.1, 0.15) is 38.0 Å². The molecule has 0 radical (unpaired) electrons. The van der Waals surface area contributed by atoms with Gasteiger partial charge in [-0.25, -0.2) is 19.6 Å². The molecule has 2 amide bonds. The quantitative estimate of drug-likeness (QED) is 0.687. The molecule has 3 rings (SSSR count). The second kappa shape index (κ2) is 7.23. The van der Waals surface area contributed by atoms with Crippen molar-refractivity contribution in [3.63, 3.8) is 0 Å². The Morgan fingerprint density at radius 3 is 2.44 bits per heavy atom. The molecule has 0 unspecified atom stereocenters. The first-order valence-corrected chi connectivity index (χ1v) is 8.99. The summed E-state index contributed by atoms with van der Waals surface area (Å²) in [6, 6.07) is 1.89. The van der Waals surface area contributed by atoms with Gasteiger partial charge in [0.2, 0.25) is 5.91 Å². The molecule has 9 nitrogen and oxygen atoms in total. The van der Waals surface area contributed by atoms with Gasteiger partial charge in [0.1, 0.15) is 4.88 Å². The molecule has 10 heteroatoms. The summed E-state index contributed by atoms with van der Waals surface area (Å²) < 4.78 is 1.65. The van der Waals surface area contributed by atoms with Crippen LogP contribution in [0.2, 0.25) is 0 Å². The van der Waals surface area contributed by atoms with E-state index in [4.69, 9.17) is 5.73 Å². The van der Waals surface area contributed by atoms with E-state index >= 15 is 0 Å². The number of nitrogens with two attached hydrogens (primary N) is 1. The molecule has 140 valence electrons. The van der Waals surface area contributed by atoms with Gasteiger partial charge in [0, 0.05) is 22.6 Å². The Bertz CT molecular complexity index is 1020. The van der Waals surface area contributed by atoms with Crippen molar-refractivity contribution in [2.45, 2.75) is 34.1 Å². The van der Waals surface area contributed by atoms with Gasteiger partial charge in [0.15, 0.2) is 5.13 Å². The van der Waals surface area contributed by atoms with Gasteiger partial charge in [-0.2, -0.15) is 5.10 Å². The van der Waals surface area contributed by atoms with Crippen LogP contribution in [0.3, 0.4) is 0 Å². The van der Waals surface area contributed by atoms with Gasteiger partial charge in [-0.3, -0.25) is 9.59 Å². The third-order valence-electron chi connectivity index (χ3n) is 3.93. The molecule has 3 heterocycles. The maximum Gasteiger partial charge on any atom is 0.260 e. The van der Waals surface area contributed by atoms with Gasteiger partial charge in [0.25, 0.3) is 11.9 Å². The molecular formula is C17H19N7O2S. The summed E-state index contributed by atoms with van der Waals surface area (Å²) in [6.45, 7) is 7.50. The molecule has 0 saturated carbocycles. The Balaban J connectivity index is 1.81. The van der Waals surface area contributed by atoms with E-state index in [-0.39, 0.29) is 17.2 Å². The predicted molar refractivity (Wildman–Crippen MR) is 101 cm³/mol. The highest BCUT2D eigenvalue weighted by Gasteiger charge is 2.18. The Kier molecular flexibility index (Phi) is 5.00. The lowest BCUT2D eigenvalue weighted by atomic mass is 10.1. The van der Waals surface area contributed by atoms with Gasteiger partial charge < -0.3 is 11.1 Å². The molecule has 3 aromatic rings. The molecule has 0 bridgehead atoms. The minimum atomic E-state index is -0.575. The van der Waals surface area contributed by atoms with Crippen LogP contribution in [0.5, 0.6) is 0 Å². The fraction of sp³-hybridized carbons (Fsp3) is 0.294. The molecule has 0 aliphatic heterocycles. The van der Waals surface area contributed by atoms with Crippen LogP contribution in [-0.4, -0.2) is 36.5 Å². The largest absolute Gasteiger partial charge is 0.365 e. The number of nitrogens with zero attached hydrogens (tertiary/aromatic N) is 5. The number of amides is 2. The van der Waals surface area contributed by atoms with E-state index in [2.05, 4.69) is 25.4 Å². The van der Waals surface area contributed by atoms with Crippen molar-refractivity contribution in [2.24, 2.45) is 5.73 Å². The predicted octanol–water partition coefficient (Wildman–Crippen LogP) is 1.63. The lowest BCUT2D eigenvalue weighted by molar-refractivity contribution is -0.115. The number of carbonyl (C=O) groups is 2. The lowest BCUT2D eigenvalue weighted by Gasteiger charge is -2.06. The van der Waals surface area contributed by atoms with E-state index in [0.717, 1.165) is 39.7 Å². The normalized spacial score (nSPS) is 10.8. The Hall–Kier alpha value is -3.14. The summed E-state index contributed by atoms with van der Waals surface area (Å²) >= 11 is 1.04. The minimum Gasteiger partial charge on any atom is -0.365 e. The molecule has 27 heavy (non-hydrogen) atoms. The zero-order chi connectivity index (χ0) is 19.7. The van der Waals surface area contributed by atoms with Crippen molar-refractivity contribution in [1.82, 2.24) is 24.7 Å². The average molecular weight is 385 g/mol. The summed E-state index contributed by atoms with van der Waals surface area (Å²) in [5, 5.41) is 7.50. The number of carbonyl (C=O) groups excluding carboxylic acids is 2. The number of thiazole rings is 1. The van der Waals surface area contributed by atoms with E-state index in [0.29, 0.717) is 11.1 Å². The first-order valence-electron chi connectivity index (χ1n) is 8.18. The fourth-order valence-corrected chi connectivity index (χ4v) is 3.38. The molecule has 0 saturated heterocycles. The number of aryl methyl sites for hydroxylation is 3. The van der Waals surface area contributed by atoms with Crippen LogP contribution < -0.4 is 11.1 Å². The SMILES string of the molecule is Cc1cc(C)nc(-n2nc(C)c(CC(=O)Nc3ncc(C(N)=O)s3)c2C)n1. The standard InChI is InChI=1S/C17H19N7O2S/c1-8-5-9(2)21-16(20-8)24-11(4)12(10(3)23-24)6-14(25)22-17-19-7-13(27-17)15(18)26/h5,7H,6H2,1-4H3,(H2,18,26)(H,19,22,25). The number of hydrogen-bond donors (Lipinski definition) is 2. The summed E-state index contributed by atoms with van der Waals surface area (Å²) in [7, 11) is 0. The molecule has 0 atom stereocenters. The van der Waals surface area contributed by atoms with E-state index in [1.165, 1.54) is 6.20 Å². The maximum absolute atomic E-state index is 12.4. The summed E-state index contributed by atoms with van der Waals surface area (Å²) in [5.74, 6) is -0.354. The first kappa shape index (κ1) is 18.6. The zero-order valence-corrected chi connectivity index (χ0v) is 16.2. The van der Waals surface area contributed by atoms with Gasteiger partial charge >= 0.3 is 0 Å². The van der Waals surface area contributed by atoms with Crippen molar-refractivity contribution >= 4 is 28.3 Å². The number of hydrogen-bond acceptors (Lipinski definition) is 7. The highest BCUT2D eigenvalue weighted by atomic mass is 32.1. The number of anilines is 1. The second-order valence-electron chi connectivity index (χ2n) is 6.13. The smallest absolute Gasteiger partial charge is 0.260 e. The van der Waals surface area contributed by atoms with Crippen molar-refractivity contribution < 1.29 is 9.59 Å². The lowest BCUT2D eigenvalue weighted by Crippen LogP contribution is -2.15. The number of rotatable bonds is 5. The third-order valence-corrected chi connectivity index (χ3v) is 4.86. The van der Waals surface area contributed by atoms with Crippen molar-refractivity contribution in [3.05, 3.63) is 45.5 Å². The highest BCUT2D eigenvalue weighted by Crippen LogP contribution is 2.20. The molecule has 0 aliphatic rings. The Labute approximate surface area is 159 Å². The molecule has 3 N–H and O–H groups in total. The molecule has 0 aromatic carbocycles. The highest BCUT2D eigenvalue weighted by molar-refractivity contribution is 7.17. The molecule has 3 aromatic heterocycles. The summed E-state index contributed by atoms with van der Waals surface area (Å²) in [5.41, 5.74) is 9.20. The number of nitrogens with one attached hydrogen (secondary N) is 1. The second-order valence-corrected chi connectivity index (χ2v) is 7.16. The Morgan fingerprint density at radius 1 is 1.19 bits per heavy atom. The van der Waals surface area contributed by atoms with E-state index < -0.39 is 5.91 Å². The zero-order valence-electron chi connectivity index (χ0n) is 15.4. The van der Waals surface area contributed by atoms with Crippen LogP contribution in [0, 0.1) is 27.7 Å². The molecular weight excluding hydrogens is 366 g/mol.